The maximum atomic E-state index is 12.7. The number of rotatable bonds is 9. The second kappa shape index (κ2) is 10.9. The number of allylic oxidation sites excluding steroid dienone is 1. The second-order valence-electron chi connectivity index (χ2n) is 7.89. The van der Waals surface area contributed by atoms with Gasteiger partial charge >= 0.3 is 0 Å². The van der Waals surface area contributed by atoms with Crippen LogP contribution in [0.1, 0.15) is 44.8 Å². The van der Waals surface area contributed by atoms with E-state index >= 15 is 0 Å². The molecule has 8 heteroatoms. The zero-order valence-corrected chi connectivity index (χ0v) is 19.7. The third-order valence-electron chi connectivity index (χ3n) is 5.50. The molecular formula is C24H27ClN4O2S. The molecule has 1 aromatic carbocycles. The normalized spacial score (nSPS) is 14.8. The summed E-state index contributed by atoms with van der Waals surface area (Å²) in [5, 5.41) is 12.9. The minimum atomic E-state index is -0.298. The Hall–Kier alpha value is -2.51. The summed E-state index contributed by atoms with van der Waals surface area (Å²) in [5.74, 6) is 1.50. The van der Waals surface area contributed by atoms with Gasteiger partial charge in [-0.1, -0.05) is 35.0 Å². The smallest absolute Gasteiger partial charge is 0.233 e. The average molecular weight is 471 g/mol. The number of nitrogens with one attached hydrogen (secondary N) is 1. The van der Waals surface area contributed by atoms with E-state index in [2.05, 4.69) is 21.6 Å². The number of furan rings is 1. The Bertz CT molecular complexity index is 1060. The topological polar surface area (TPSA) is 73.0 Å². The van der Waals surface area contributed by atoms with Crippen LogP contribution in [-0.2, 0) is 11.3 Å². The molecule has 0 spiro atoms. The molecule has 2 aromatic heterocycles. The van der Waals surface area contributed by atoms with Gasteiger partial charge in [0.15, 0.2) is 11.0 Å². The fraction of sp³-hybridized carbons (Fsp3) is 0.375. The molecule has 32 heavy (non-hydrogen) atoms. The molecule has 0 unspecified atom stereocenters. The molecule has 3 aromatic rings. The molecule has 0 radical (unpaired) electrons. The lowest BCUT2D eigenvalue weighted by Crippen LogP contribution is -2.32. The van der Waals surface area contributed by atoms with Gasteiger partial charge in [0.25, 0.3) is 0 Å². The number of aromatic nitrogens is 3. The van der Waals surface area contributed by atoms with Gasteiger partial charge in [-0.15, -0.1) is 10.2 Å². The Morgan fingerprint density at radius 2 is 2.09 bits per heavy atom. The average Bonchev–Trinajstić information content (AvgIpc) is 3.46. The van der Waals surface area contributed by atoms with Crippen LogP contribution in [0, 0.1) is 0 Å². The minimum Gasteiger partial charge on any atom is -0.467 e. The molecule has 0 saturated heterocycles. The Kier molecular flexibility index (Phi) is 7.71. The van der Waals surface area contributed by atoms with Crippen molar-refractivity contribution in [2.75, 3.05) is 6.54 Å². The van der Waals surface area contributed by atoms with Gasteiger partial charge in [-0.25, -0.2) is 0 Å². The van der Waals surface area contributed by atoms with Crippen LogP contribution in [0.25, 0.3) is 11.4 Å². The predicted octanol–water partition coefficient (Wildman–Crippen LogP) is 5.73. The highest BCUT2D eigenvalue weighted by Gasteiger charge is 2.21. The van der Waals surface area contributed by atoms with E-state index < -0.39 is 0 Å². The molecule has 1 atom stereocenters. The SMILES string of the molecule is C[C@@H](Sc1nnc(-c2ccc(Cl)cc2)n1Cc1ccco1)C(=O)NCCC1=CCCCC1. The van der Waals surface area contributed by atoms with Crippen molar-refractivity contribution >= 4 is 29.3 Å². The first-order chi connectivity index (χ1) is 15.6. The molecule has 1 amide bonds. The van der Waals surface area contributed by atoms with E-state index in [0.717, 1.165) is 30.6 Å². The van der Waals surface area contributed by atoms with Crippen molar-refractivity contribution < 1.29 is 9.21 Å². The van der Waals surface area contributed by atoms with E-state index in [1.807, 2.05) is 47.9 Å². The summed E-state index contributed by atoms with van der Waals surface area (Å²) in [4.78, 5) is 12.7. The van der Waals surface area contributed by atoms with E-state index in [1.165, 1.54) is 30.2 Å². The summed E-state index contributed by atoms with van der Waals surface area (Å²) in [6, 6.07) is 11.2. The molecule has 1 aliphatic carbocycles. The van der Waals surface area contributed by atoms with E-state index in [0.29, 0.717) is 29.1 Å². The van der Waals surface area contributed by atoms with Crippen molar-refractivity contribution in [1.82, 2.24) is 20.1 Å². The molecule has 0 bridgehead atoms. The van der Waals surface area contributed by atoms with Crippen LogP contribution in [0.4, 0.5) is 0 Å². The number of benzene rings is 1. The fourth-order valence-corrected chi connectivity index (χ4v) is 4.72. The number of halogens is 1. The summed E-state index contributed by atoms with van der Waals surface area (Å²) in [6.45, 7) is 3.04. The molecule has 2 heterocycles. The van der Waals surface area contributed by atoms with E-state index in [-0.39, 0.29) is 11.2 Å². The number of carbonyl (C=O) groups is 1. The lowest BCUT2D eigenvalue weighted by atomic mass is 9.97. The largest absolute Gasteiger partial charge is 0.467 e. The van der Waals surface area contributed by atoms with Crippen LogP contribution in [0.2, 0.25) is 5.02 Å². The Balaban J connectivity index is 1.45. The van der Waals surface area contributed by atoms with Gasteiger partial charge in [-0.3, -0.25) is 9.36 Å². The van der Waals surface area contributed by atoms with Crippen LogP contribution in [0.15, 0.2) is 63.9 Å². The first-order valence-corrected chi connectivity index (χ1v) is 12.2. The number of hydrogen-bond acceptors (Lipinski definition) is 5. The molecule has 4 rings (SSSR count). The molecule has 0 fully saturated rings. The number of thioether (sulfide) groups is 1. The van der Waals surface area contributed by atoms with Crippen LogP contribution in [0.5, 0.6) is 0 Å². The third-order valence-corrected chi connectivity index (χ3v) is 6.83. The fourth-order valence-electron chi connectivity index (χ4n) is 3.72. The Morgan fingerprint density at radius 3 is 2.81 bits per heavy atom. The molecule has 168 valence electrons. The highest BCUT2D eigenvalue weighted by atomic mass is 35.5. The molecule has 6 nitrogen and oxygen atoms in total. The van der Waals surface area contributed by atoms with E-state index in [4.69, 9.17) is 16.0 Å². The summed E-state index contributed by atoms with van der Waals surface area (Å²) in [6.07, 6.45) is 9.75. The van der Waals surface area contributed by atoms with Gasteiger partial charge < -0.3 is 9.73 Å². The molecular weight excluding hydrogens is 444 g/mol. The summed E-state index contributed by atoms with van der Waals surface area (Å²) in [7, 11) is 0. The minimum absolute atomic E-state index is 0.00648. The maximum absolute atomic E-state index is 12.7. The van der Waals surface area contributed by atoms with Crippen molar-refractivity contribution in [3.8, 4) is 11.4 Å². The quantitative estimate of drug-likeness (QED) is 0.319. The van der Waals surface area contributed by atoms with Crippen LogP contribution in [0.3, 0.4) is 0 Å². The van der Waals surface area contributed by atoms with Gasteiger partial charge in [0.2, 0.25) is 5.91 Å². The van der Waals surface area contributed by atoms with Crippen LogP contribution >= 0.6 is 23.4 Å². The van der Waals surface area contributed by atoms with Gasteiger partial charge in [-0.05, 0) is 75.4 Å². The number of hydrogen-bond donors (Lipinski definition) is 1. The zero-order valence-electron chi connectivity index (χ0n) is 18.1. The lowest BCUT2D eigenvalue weighted by molar-refractivity contribution is -0.120. The van der Waals surface area contributed by atoms with Crippen molar-refractivity contribution in [3.05, 3.63) is 65.1 Å². The standard InChI is InChI=1S/C24H27ClN4O2S/c1-17(23(30)26-14-13-18-6-3-2-4-7-18)32-24-28-27-22(19-9-11-20(25)12-10-19)29(24)16-21-8-5-15-31-21/h5-6,8-12,15,17H,2-4,7,13-14,16H2,1H3,(H,26,30)/t17-/m1/s1. The third kappa shape index (κ3) is 5.84. The molecule has 1 N–H and O–H groups in total. The first kappa shape index (κ1) is 22.7. The highest BCUT2D eigenvalue weighted by Crippen LogP contribution is 2.29. The number of carbonyl (C=O) groups excluding carboxylic acids is 1. The van der Waals surface area contributed by atoms with E-state index in [1.54, 1.807) is 6.26 Å². The highest BCUT2D eigenvalue weighted by molar-refractivity contribution is 8.00. The van der Waals surface area contributed by atoms with Gasteiger partial charge in [0.05, 0.1) is 18.1 Å². The van der Waals surface area contributed by atoms with Gasteiger partial charge in [0, 0.05) is 17.1 Å². The summed E-state index contributed by atoms with van der Waals surface area (Å²) in [5.41, 5.74) is 2.36. The van der Waals surface area contributed by atoms with Crippen molar-refractivity contribution in [1.29, 1.82) is 0 Å². The first-order valence-electron chi connectivity index (χ1n) is 10.9. The molecule has 1 aliphatic rings. The molecule has 0 saturated carbocycles. The predicted molar refractivity (Wildman–Crippen MR) is 128 cm³/mol. The van der Waals surface area contributed by atoms with Crippen molar-refractivity contribution in [2.24, 2.45) is 0 Å². The monoisotopic (exact) mass is 470 g/mol. The molecule has 0 aliphatic heterocycles. The van der Waals surface area contributed by atoms with Crippen LogP contribution in [-0.4, -0.2) is 32.5 Å². The van der Waals surface area contributed by atoms with Gasteiger partial charge in [-0.2, -0.15) is 0 Å². The number of nitrogens with zero attached hydrogens (tertiary/aromatic N) is 3. The van der Waals surface area contributed by atoms with Crippen molar-refractivity contribution in [3.63, 3.8) is 0 Å². The summed E-state index contributed by atoms with van der Waals surface area (Å²) >= 11 is 7.44. The number of amides is 1. The summed E-state index contributed by atoms with van der Waals surface area (Å²) < 4.78 is 7.52. The van der Waals surface area contributed by atoms with Gasteiger partial charge in [0.1, 0.15) is 5.76 Å². The Morgan fingerprint density at radius 1 is 1.25 bits per heavy atom. The lowest BCUT2D eigenvalue weighted by Gasteiger charge is -2.15. The Labute approximate surface area is 197 Å². The second-order valence-corrected chi connectivity index (χ2v) is 9.63. The maximum Gasteiger partial charge on any atom is 0.233 e. The zero-order chi connectivity index (χ0) is 22.3. The van der Waals surface area contributed by atoms with Crippen molar-refractivity contribution in [2.45, 2.75) is 56.0 Å². The van der Waals surface area contributed by atoms with E-state index in [9.17, 15) is 4.79 Å². The van der Waals surface area contributed by atoms with Crippen LogP contribution < -0.4 is 5.32 Å².